The lowest BCUT2D eigenvalue weighted by molar-refractivity contribution is -0.142. The van der Waals surface area contributed by atoms with Gasteiger partial charge in [-0.15, -0.1) is 0 Å². The number of amides is 1. The number of carbonyl (C=O) groups is 2. The normalized spacial score (nSPS) is 18.3. The molecule has 0 spiro atoms. The Morgan fingerprint density at radius 1 is 1.28 bits per heavy atom. The maximum Gasteiger partial charge on any atom is 0.326 e. The van der Waals surface area contributed by atoms with Crippen molar-refractivity contribution >= 4 is 11.9 Å². The topological polar surface area (TPSA) is 66.4 Å². The van der Waals surface area contributed by atoms with Gasteiger partial charge >= 0.3 is 5.97 Å². The SMILES string of the molecule is CCCC[C@@H](NC(=O)CC1CCCCC1)C(=O)O. The van der Waals surface area contributed by atoms with Crippen molar-refractivity contribution in [2.24, 2.45) is 5.92 Å². The molecule has 0 aromatic carbocycles. The summed E-state index contributed by atoms with van der Waals surface area (Å²) in [6.07, 6.45) is 8.71. The molecule has 1 aliphatic rings. The number of rotatable bonds is 7. The van der Waals surface area contributed by atoms with Crippen LogP contribution in [-0.4, -0.2) is 23.0 Å². The van der Waals surface area contributed by atoms with Crippen molar-refractivity contribution in [3.63, 3.8) is 0 Å². The van der Waals surface area contributed by atoms with Crippen molar-refractivity contribution in [2.75, 3.05) is 0 Å². The van der Waals surface area contributed by atoms with Crippen molar-refractivity contribution in [3.05, 3.63) is 0 Å². The monoisotopic (exact) mass is 255 g/mol. The minimum Gasteiger partial charge on any atom is -0.480 e. The quantitative estimate of drug-likeness (QED) is 0.735. The lowest BCUT2D eigenvalue weighted by Crippen LogP contribution is -2.41. The third kappa shape index (κ3) is 5.52. The molecule has 1 rings (SSSR count). The van der Waals surface area contributed by atoms with E-state index in [-0.39, 0.29) is 5.91 Å². The summed E-state index contributed by atoms with van der Waals surface area (Å²) in [5.41, 5.74) is 0. The van der Waals surface area contributed by atoms with Crippen LogP contribution >= 0.6 is 0 Å². The Labute approximate surface area is 109 Å². The zero-order valence-corrected chi connectivity index (χ0v) is 11.3. The van der Waals surface area contributed by atoms with Crippen LogP contribution in [0.3, 0.4) is 0 Å². The van der Waals surface area contributed by atoms with Gasteiger partial charge in [0.15, 0.2) is 0 Å². The van der Waals surface area contributed by atoms with Crippen LogP contribution in [0, 0.1) is 5.92 Å². The number of carboxylic acid groups (broad SMARTS) is 1. The predicted octanol–water partition coefficient (Wildman–Crippen LogP) is 2.72. The molecule has 1 aliphatic carbocycles. The number of carbonyl (C=O) groups excluding carboxylic acids is 1. The average molecular weight is 255 g/mol. The molecular formula is C14H25NO3. The molecular weight excluding hydrogens is 230 g/mol. The van der Waals surface area contributed by atoms with Crippen molar-refractivity contribution in [3.8, 4) is 0 Å². The molecule has 18 heavy (non-hydrogen) atoms. The molecule has 1 amide bonds. The molecule has 0 aromatic heterocycles. The fourth-order valence-electron chi connectivity index (χ4n) is 2.57. The maximum absolute atomic E-state index is 11.8. The number of hydrogen-bond donors (Lipinski definition) is 2. The molecule has 1 atom stereocenters. The highest BCUT2D eigenvalue weighted by Gasteiger charge is 2.22. The average Bonchev–Trinajstić information content (AvgIpc) is 2.35. The van der Waals surface area contributed by atoms with Gasteiger partial charge < -0.3 is 10.4 Å². The van der Waals surface area contributed by atoms with Gasteiger partial charge in [0.2, 0.25) is 5.91 Å². The van der Waals surface area contributed by atoms with Gasteiger partial charge in [0.1, 0.15) is 6.04 Å². The second-order valence-corrected chi connectivity index (χ2v) is 5.31. The predicted molar refractivity (Wildman–Crippen MR) is 70.3 cm³/mol. The number of carboxylic acids is 1. The van der Waals surface area contributed by atoms with Crippen molar-refractivity contribution < 1.29 is 14.7 Å². The first-order valence-corrected chi connectivity index (χ1v) is 7.15. The Hall–Kier alpha value is -1.06. The first-order valence-electron chi connectivity index (χ1n) is 7.15. The van der Waals surface area contributed by atoms with Gasteiger partial charge in [-0.2, -0.15) is 0 Å². The molecule has 104 valence electrons. The minimum absolute atomic E-state index is 0.0922. The summed E-state index contributed by atoms with van der Waals surface area (Å²) in [6, 6.07) is -0.707. The summed E-state index contributed by atoms with van der Waals surface area (Å²) < 4.78 is 0. The van der Waals surface area contributed by atoms with Gasteiger partial charge in [-0.25, -0.2) is 4.79 Å². The Morgan fingerprint density at radius 3 is 2.50 bits per heavy atom. The van der Waals surface area contributed by atoms with E-state index in [0.717, 1.165) is 25.7 Å². The number of hydrogen-bond acceptors (Lipinski definition) is 2. The van der Waals surface area contributed by atoms with Gasteiger partial charge in [-0.05, 0) is 25.2 Å². The molecule has 4 heteroatoms. The molecule has 0 aromatic rings. The molecule has 0 unspecified atom stereocenters. The highest BCUT2D eigenvalue weighted by atomic mass is 16.4. The second-order valence-electron chi connectivity index (χ2n) is 5.31. The molecule has 0 aliphatic heterocycles. The number of nitrogens with one attached hydrogen (secondary N) is 1. The van der Waals surface area contributed by atoms with E-state index in [0.29, 0.717) is 18.8 Å². The summed E-state index contributed by atoms with van der Waals surface area (Å²) in [5.74, 6) is -0.551. The first-order chi connectivity index (χ1) is 8.63. The van der Waals surface area contributed by atoms with E-state index in [4.69, 9.17) is 5.11 Å². The summed E-state index contributed by atoms with van der Waals surface area (Å²) >= 11 is 0. The lowest BCUT2D eigenvalue weighted by atomic mass is 9.87. The van der Waals surface area contributed by atoms with Crippen LogP contribution in [0.15, 0.2) is 0 Å². The molecule has 1 fully saturated rings. The zero-order chi connectivity index (χ0) is 13.4. The van der Waals surface area contributed by atoms with E-state index in [1.54, 1.807) is 0 Å². The Kier molecular flexibility index (Phi) is 6.76. The van der Waals surface area contributed by atoms with E-state index in [2.05, 4.69) is 5.32 Å². The Morgan fingerprint density at radius 2 is 1.94 bits per heavy atom. The van der Waals surface area contributed by atoms with E-state index < -0.39 is 12.0 Å². The van der Waals surface area contributed by atoms with E-state index >= 15 is 0 Å². The van der Waals surface area contributed by atoms with Crippen LogP contribution < -0.4 is 5.32 Å². The summed E-state index contributed by atoms with van der Waals surface area (Å²) in [7, 11) is 0. The van der Waals surface area contributed by atoms with Crippen molar-refractivity contribution in [1.82, 2.24) is 5.32 Å². The van der Waals surface area contributed by atoms with Gasteiger partial charge in [-0.3, -0.25) is 4.79 Å². The Bertz CT molecular complexity index is 272. The van der Waals surface area contributed by atoms with Crippen LogP contribution in [0.2, 0.25) is 0 Å². The number of aliphatic carboxylic acids is 1. The van der Waals surface area contributed by atoms with Gasteiger partial charge in [0.05, 0.1) is 0 Å². The van der Waals surface area contributed by atoms with E-state index in [9.17, 15) is 9.59 Å². The zero-order valence-electron chi connectivity index (χ0n) is 11.3. The highest BCUT2D eigenvalue weighted by Crippen LogP contribution is 2.26. The first kappa shape index (κ1) is 15.0. The largest absolute Gasteiger partial charge is 0.480 e. The fourth-order valence-corrected chi connectivity index (χ4v) is 2.57. The third-order valence-corrected chi connectivity index (χ3v) is 3.68. The highest BCUT2D eigenvalue weighted by molar-refractivity contribution is 5.83. The molecule has 0 saturated heterocycles. The van der Waals surface area contributed by atoms with Crippen LogP contribution in [0.25, 0.3) is 0 Å². The molecule has 1 saturated carbocycles. The molecule has 2 N–H and O–H groups in total. The van der Waals surface area contributed by atoms with Gasteiger partial charge in [0.25, 0.3) is 0 Å². The molecule has 0 heterocycles. The van der Waals surface area contributed by atoms with Crippen LogP contribution in [0.5, 0.6) is 0 Å². The standard InChI is InChI=1S/C14H25NO3/c1-2-3-9-12(14(17)18)15-13(16)10-11-7-5-4-6-8-11/h11-12H,2-10H2,1H3,(H,15,16)(H,17,18)/t12-/m1/s1. The van der Waals surface area contributed by atoms with E-state index in [1.165, 1.54) is 19.3 Å². The van der Waals surface area contributed by atoms with E-state index in [1.807, 2.05) is 6.92 Å². The summed E-state index contributed by atoms with van der Waals surface area (Å²) in [5, 5.41) is 11.7. The smallest absolute Gasteiger partial charge is 0.326 e. The van der Waals surface area contributed by atoms with Crippen molar-refractivity contribution in [2.45, 2.75) is 70.8 Å². The lowest BCUT2D eigenvalue weighted by Gasteiger charge is -2.22. The number of unbranched alkanes of at least 4 members (excludes halogenated alkanes) is 1. The molecule has 4 nitrogen and oxygen atoms in total. The van der Waals surface area contributed by atoms with Crippen molar-refractivity contribution in [1.29, 1.82) is 0 Å². The van der Waals surface area contributed by atoms with Gasteiger partial charge in [0, 0.05) is 6.42 Å². The fraction of sp³-hybridized carbons (Fsp3) is 0.857. The van der Waals surface area contributed by atoms with Crippen LogP contribution in [0.4, 0.5) is 0 Å². The van der Waals surface area contributed by atoms with Gasteiger partial charge in [-0.1, -0.05) is 39.0 Å². The summed E-state index contributed by atoms with van der Waals surface area (Å²) in [4.78, 5) is 22.8. The van der Waals surface area contributed by atoms with Crippen LogP contribution in [-0.2, 0) is 9.59 Å². The minimum atomic E-state index is -0.916. The molecule has 0 radical (unpaired) electrons. The second kappa shape index (κ2) is 8.11. The maximum atomic E-state index is 11.8. The third-order valence-electron chi connectivity index (χ3n) is 3.68. The Balaban J connectivity index is 2.32. The summed E-state index contributed by atoms with van der Waals surface area (Å²) in [6.45, 7) is 2.02. The van der Waals surface area contributed by atoms with Crippen LogP contribution in [0.1, 0.15) is 64.7 Å². The molecule has 0 bridgehead atoms.